The van der Waals surface area contributed by atoms with E-state index in [0.717, 1.165) is 23.3 Å². The molecule has 26 heavy (non-hydrogen) atoms. The molecule has 0 saturated heterocycles. The number of aromatic nitrogens is 2. The quantitative estimate of drug-likeness (QED) is 0.556. The molecule has 140 valence electrons. The first kappa shape index (κ1) is 21.8. The Morgan fingerprint density at radius 2 is 1.77 bits per heavy atom. The summed E-state index contributed by atoms with van der Waals surface area (Å²) in [7, 11) is 0. The van der Waals surface area contributed by atoms with Crippen LogP contribution in [0.5, 0.6) is 0 Å². The topological polar surface area (TPSA) is 83.8 Å². The molecule has 3 aromatic rings. The molecule has 0 bridgehead atoms. The van der Waals surface area contributed by atoms with Gasteiger partial charge >= 0.3 is 0 Å². The highest BCUT2D eigenvalue weighted by Crippen LogP contribution is 2.22. The van der Waals surface area contributed by atoms with Gasteiger partial charge in [0.25, 0.3) is 5.91 Å². The van der Waals surface area contributed by atoms with Gasteiger partial charge in [-0.2, -0.15) is 0 Å². The third-order valence-corrected chi connectivity index (χ3v) is 3.92. The van der Waals surface area contributed by atoms with Crippen molar-refractivity contribution in [1.29, 1.82) is 0 Å². The molecule has 0 saturated carbocycles. The molecule has 1 amide bonds. The molecule has 7 heteroatoms. The molecule has 5 nitrogen and oxygen atoms in total. The second kappa shape index (κ2) is 9.46. The number of halogens is 2. The summed E-state index contributed by atoms with van der Waals surface area (Å²) in [4.78, 5) is 20.5. The van der Waals surface area contributed by atoms with Gasteiger partial charge in [-0.25, -0.2) is 4.98 Å². The first-order chi connectivity index (χ1) is 11.5. The predicted molar refractivity (Wildman–Crippen MR) is 111 cm³/mol. The first-order valence-corrected chi connectivity index (χ1v) is 8.14. The highest BCUT2D eigenvalue weighted by Gasteiger charge is 2.20. The molecular formula is C19H24Cl2N4O. The van der Waals surface area contributed by atoms with Gasteiger partial charge in [0.1, 0.15) is 5.82 Å². The Morgan fingerprint density at radius 3 is 2.38 bits per heavy atom. The highest BCUT2D eigenvalue weighted by molar-refractivity contribution is 5.94. The molecule has 0 aliphatic carbocycles. The Bertz CT molecular complexity index is 813. The lowest BCUT2D eigenvalue weighted by Gasteiger charge is -2.18. The number of carbonyl (C=O) groups is 1. The molecule has 0 radical (unpaired) electrons. The van der Waals surface area contributed by atoms with E-state index in [1.54, 1.807) is 24.3 Å². The van der Waals surface area contributed by atoms with Crippen LogP contribution in [0.15, 0.2) is 48.5 Å². The minimum absolute atomic E-state index is 0. The van der Waals surface area contributed by atoms with E-state index in [1.165, 1.54) is 0 Å². The lowest BCUT2D eigenvalue weighted by molar-refractivity contribution is 0.0930. The Hall–Kier alpha value is -2.24. The first-order valence-electron chi connectivity index (χ1n) is 8.14. The highest BCUT2D eigenvalue weighted by atomic mass is 35.5. The number of rotatable bonds is 5. The number of H-pyrrole nitrogens is 1. The average Bonchev–Trinajstić information content (AvgIpc) is 2.98. The van der Waals surface area contributed by atoms with Crippen LogP contribution in [0, 0.1) is 5.92 Å². The maximum atomic E-state index is 12.5. The lowest BCUT2D eigenvalue weighted by Crippen LogP contribution is -2.30. The fraction of sp³-hybridized carbons (Fsp3) is 0.263. The Morgan fingerprint density at radius 1 is 1.12 bits per heavy atom. The van der Waals surface area contributed by atoms with Gasteiger partial charge in [-0.15, -0.1) is 24.8 Å². The summed E-state index contributed by atoms with van der Waals surface area (Å²) in [6.45, 7) is 4.26. The molecule has 2 aromatic carbocycles. The SMILES string of the molecule is CC(C)CC(NC(=O)c1ccc(N)cc1)c1nc2ccccc2[nH]1.Cl.Cl. The number of amides is 1. The molecule has 1 heterocycles. The van der Waals surface area contributed by atoms with Gasteiger partial charge in [-0.1, -0.05) is 26.0 Å². The molecule has 0 fully saturated rings. The van der Waals surface area contributed by atoms with E-state index in [1.807, 2.05) is 24.3 Å². The number of benzene rings is 2. The van der Waals surface area contributed by atoms with Crippen LogP contribution in [0.2, 0.25) is 0 Å². The second-order valence-corrected chi connectivity index (χ2v) is 6.42. The minimum atomic E-state index is -0.164. The van der Waals surface area contributed by atoms with Crippen molar-refractivity contribution in [2.75, 3.05) is 5.73 Å². The van der Waals surface area contributed by atoms with Crippen molar-refractivity contribution in [1.82, 2.24) is 15.3 Å². The summed E-state index contributed by atoms with van der Waals surface area (Å²) in [5.74, 6) is 1.09. The molecule has 3 rings (SSSR count). The van der Waals surface area contributed by atoms with Gasteiger partial charge in [0.15, 0.2) is 0 Å². The van der Waals surface area contributed by atoms with Crippen LogP contribution in [0.1, 0.15) is 42.5 Å². The van der Waals surface area contributed by atoms with E-state index in [2.05, 4.69) is 29.1 Å². The number of imidazole rings is 1. The van der Waals surface area contributed by atoms with Crippen molar-refractivity contribution in [2.24, 2.45) is 5.92 Å². The number of carbonyl (C=O) groups excluding carboxylic acids is 1. The van der Waals surface area contributed by atoms with Gasteiger partial charge in [0.05, 0.1) is 17.1 Å². The number of hydrogen-bond donors (Lipinski definition) is 3. The normalized spacial score (nSPS) is 11.5. The molecule has 1 atom stereocenters. The Kier molecular flexibility index (Phi) is 7.93. The maximum absolute atomic E-state index is 12.5. The molecule has 0 aliphatic heterocycles. The fourth-order valence-electron chi connectivity index (χ4n) is 2.72. The zero-order chi connectivity index (χ0) is 17.1. The van der Waals surface area contributed by atoms with E-state index < -0.39 is 0 Å². The Balaban J connectivity index is 0.00000169. The number of nitrogens with one attached hydrogen (secondary N) is 2. The van der Waals surface area contributed by atoms with Crippen molar-refractivity contribution in [3.05, 3.63) is 59.9 Å². The molecule has 1 aromatic heterocycles. The largest absolute Gasteiger partial charge is 0.399 e. The van der Waals surface area contributed by atoms with Crippen molar-refractivity contribution < 1.29 is 4.79 Å². The van der Waals surface area contributed by atoms with Crippen LogP contribution >= 0.6 is 24.8 Å². The molecule has 0 aliphatic rings. The summed E-state index contributed by atoms with van der Waals surface area (Å²) >= 11 is 0. The number of fused-ring (bicyclic) bond motifs is 1. The van der Waals surface area contributed by atoms with Crippen molar-refractivity contribution in [3.63, 3.8) is 0 Å². The van der Waals surface area contributed by atoms with Crippen molar-refractivity contribution >= 4 is 47.4 Å². The minimum Gasteiger partial charge on any atom is -0.399 e. The van der Waals surface area contributed by atoms with Gasteiger partial charge in [0.2, 0.25) is 0 Å². The Labute approximate surface area is 165 Å². The van der Waals surface area contributed by atoms with Crippen LogP contribution in [0.25, 0.3) is 11.0 Å². The standard InChI is InChI=1S/C19H22N4O.2ClH/c1-12(2)11-17(18-21-15-5-3-4-6-16(15)22-18)23-19(24)13-7-9-14(20)10-8-13;;/h3-10,12,17H,11,20H2,1-2H3,(H,21,22)(H,23,24);2*1H. The number of para-hydroxylation sites is 2. The number of nitrogen functional groups attached to an aromatic ring is 1. The lowest BCUT2D eigenvalue weighted by atomic mass is 10.0. The van der Waals surface area contributed by atoms with Crippen LogP contribution in [0.4, 0.5) is 5.69 Å². The van der Waals surface area contributed by atoms with Crippen LogP contribution < -0.4 is 11.1 Å². The van der Waals surface area contributed by atoms with E-state index in [0.29, 0.717) is 17.2 Å². The van der Waals surface area contributed by atoms with Gasteiger partial charge < -0.3 is 16.0 Å². The molecule has 0 spiro atoms. The predicted octanol–water partition coefficient (Wildman–Crippen LogP) is 4.51. The fourth-order valence-corrected chi connectivity index (χ4v) is 2.72. The number of anilines is 1. The number of nitrogens with two attached hydrogens (primary N) is 1. The van der Waals surface area contributed by atoms with E-state index in [9.17, 15) is 4.79 Å². The summed E-state index contributed by atoms with van der Waals surface area (Å²) in [5, 5.41) is 3.09. The monoisotopic (exact) mass is 394 g/mol. The molecule has 4 N–H and O–H groups in total. The van der Waals surface area contributed by atoms with E-state index >= 15 is 0 Å². The van der Waals surface area contributed by atoms with Crippen molar-refractivity contribution in [2.45, 2.75) is 26.3 Å². The van der Waals surface area contributed by atoms with Gasteiger partial charge in [0, 0.05) is 11.3 Å². The number of hydrogen-bond acceptors (Lipinski definition) is 3. The maximum Gasteiger partial charge on any atom is 0.251 e. The number of aromatic amines is 1. The smallest absolute Gasteiger partial charge is 0.251 e. The number of nitrogens with zero attached hydrogens (tertiary/aromatic N) is 1. The third kappa shape index (κ3) is 5.13. The second-order valence-electron chi connectivity index (χ2n) is 6.42. The van der Waals surface area contributed by atoms with E-state index in [4.69, 9.17) is 5.73 Å². The van der Waals surface area contributed by atoms with Crippen LogP contribution in [-0.4, -0.2) is 15.9 Å². The van der Waals surface area contributed by atoms with Crippen LogP contribution in [-0.2, 0) is 0 Å². The van der Waals surface area contributed by atoms with Gasteiger partial charge in [-0.3, -0.25) is 4.79 Å². The summed E-state index contributed by atoms with van der Waals surface area (Å²) in [5.41, 5.74) is 8.79. The van der Waals surface area contributed by atoms with Crippen LogP contribution in [0.3, 0.4) is 0 Å². The third-order valence-electron chi connectivity index (χ3n) is 3.92. The molecule has 1 unspecified atom stereocenters. The van der Waals surface area contributed by atoms with Crippen molar-refractivity contribution in [3.8, 4) is 0 Å². The molecular weight excluding hydrogens is 371 g/mol. The zero-order valence-electron chi connectivity index (χ0n) is 14.7. The van der Waals surface area contributed by atoms with E-state index in [-0.39, 0.29) is 36.8 Å². The zero-order valence-corrected chi connectivity index (χ0v) is 16.4. The average molecular weight is 395 g/mol. The summed E-state index contributed by atoms with van der Waals surface area (Å²) in [6.07, 6.45) is 0.806. The summed E-state index contributed by atoms with van der Waals surface area (Å²) < 4.78 is 0. The van der Waals surface area contributed by atoms with Gasteiger partial charge in [-0.05, 0) is 48.7 Å². The summed E-state index contributed by atoms with van der Waals surface area (Å²) in [6, 6.07) is 14.6.